The lowest BCUT2D eigenvalue weighted by atomic mass is 9.78. The Bertz CT molecular complexity index is 586. The van der Waals surface area contributed by atoms with E-state index in [9.17, 15) is 0 Å². The van der Waals surface area contributed by atoms with Crippen LogP contribution in [0.1, 0.15) is 31.9 Å². The van der Waals surface area contributed by atoms with E-state index in [0.717, 1.165) is 12.2 Å². The lowest BCUT2D eigenvalue weighted by Crippen LogP contribution is -2.18. The van der Waals surface area contributed by atoms with Crippen LogP contribution < -0.4 is 9.47 Å². The number of hydrogen-bond acceptors (Lipinski definition) is 3. The molecule has 0 atom stereocenters. The molecule has 0 amide bonds. The first-order valence-electron chi connectivity index (χ1n) is 7.07. The van der Waals surface area contributed by atoms with Crippen molar-refractivity contribution in [3.05, 3.63) is 59.7 Å². The molecule has 1 N–H and O–H groups in total. The largest absolute Gasteiger partial charge is 0.494 e. The van der Waals surface area contributed by atoms with E-state index in [-0.39, 0.29) is 5.41 Å². The molecule has 0 spiro atoms. The van der Waals surface area contributed by atoms with Crippen LogP contribution in [0.4, 0.5) is 0 Å². The summed E-state index contributed by atoms with van der Waals surface area (Å²) in [4.78, 5) is 0. The third-order valence-electron chi connectivity index (χ3n) is 3.66. The molecule has 0 bridgehead atoms. The minimum atomic E-state index is -0.103. The number of benzene rings is 2. The highest BCUT2D eigenvalue weighted by molar-refractivity contribution is 5.49. The fourth-order valence-corrected chi connectivity index (χ4v) is 2.32. The third-order valence-corrected chi connectivity index (χ3v) is 3.66. The minimum absolute atomic E-state index is 0.103. The Morgan fingerprint density at radius 3 is 1.81 bits per heavy atom. The van der Waals surface area contributed by atoms with Crippen LogP contribution in [0.15, 0.2) is 48.5 Å². The molecule has 2 aromatic carbocycles. The van der Waals surface area contributed by atoms with E-state index in [1.54, 1.807) is 0 Å². The third kappa shape index (κ3) is 3.43. The molecular weight excluding hydrogens is 262 g/mol. The SMILES string of the molecule is CCOc1ccc(C(C)(C)c2ccc(OC=N)cc2)cc1. The topological polar surface area (TPSA) is 42.3 Å². The number of hydrogen-bond donors (Lipinski definition) is 1. The van der Waals surface area contributed by atoms with Gasteiger partial charge in [-0.3, -0.25) is 5.41 Å². The van der Waals surface area contributed by atoms with E-state index in [4.69, 9.17) is 14.9 Å². The predicted molar refractivity (Wildman–Crippen MR) is 85.6 cm³/mol. The first-order chi connectivity index (χ1) is 10.1. The summed E-state index contributed by atoms with van der Waals surface area (Å²) >= 11 is 0. The maximum atomic E-state index is 6.95. The van der Waals surface area contributed by atoms with Gasteiger partial charge in [0.15, 0.2) is 6.40 Å². The van der Waals surface area contributed by atoms with Gasteiger partial charge < -0.3 is 9.47 Å². The molecule has 0 saturated carbocycles. The molecule has 21 heavy (non-hydrogen) atoms. The fraction of sp³-hybridized carbons (Fsp3) is 0.278. The van der Waals surface area contributed by atoms with Gasteiger partial charge in [-0.25, -0.2) is 0 Å². The molecule has 0 fully saturated rings. The maximum Gasteiger partial charge on any atom is 0.173 e. The standard InChI is InChI=1S/C18H21NO2/c1-4-20-16-9-5-14(6-10-16)18(2,3)15-7-11-17(12-8-15)21-13-19/h5-13,19H,4H2,1-3H3. The van der Waals surface area contributed by atoms with E-state index in [0.29, 0.717) is 12.4 Å². The first-order valence-corrected chi connectivity index (χ1v) is 7.07. The summed E-state index contributed by atoms with van der Waals surface area (Å²) in [7, 11) is 0. The smallest absolute Gasteiger partial charge is 0.173 e. The molecule has 0 heterocycles. The summed E-state index contributed by atoms with van der Waals surface area (Å²) in [6, 6.07) is 16.1. The zero-order chi connectivity index (χ0) is 15.3. The van der Waals surface area contributed by atoms with Crippen molar-refractivity contribution >= 4 is 6.40 Å². The van der Waals surface area contributed by atoms with Crippen LogP contribution in [0, 0.1) is 5.41 Å². The van der Waals surface area contributed by atoms with Crippen LogP contribution in [0.2, 0.25) is 0 Å². The van der Waals surface area contributed by atoms with Gasteiger partial charge in [0, 0.05) is 5.41 Å². The van der Waals surface area contributed by atoms with Crippen molar-refractivity contribution in [1.29, 1.82) is 5.41 Å². The summed E-state index contributed by atoms with van der Waals surface area (Å²) in [6.07, 6.45) is 0.937. The van der Waals surface area contributed by atoms with Gasteiger partial charge >= 0.3 is 0 Å². The van der Waals surface area contributed by atoms with Gasteiger partial charge in [0.1, 0.15) is 11.5 Å². The lowest BCUT2D eigenvalue weighted by molar-refractivity contribution is 0.340. The molecule has 0 aliphatic carbocycles. The Morgan fingerprint density at radius 1 is 0.905 bits per heavy atom. The summed E-state index contributed by atoms with van der Waals surface area (Å²) in [6.45, 7) is 7.04. The average Bonchev–Trinajstić information content (AvgIpc) is 2.49. The number of ether oxygens (including phenoxy) is 2. The summed E-state index contributed by atoms with van der Waals surface area (Å²) in [5, 5.41) is 6.95. The highest BCUT2D eigenvalue weighted by atomic mass is 16.5. The van der Waals surface area contributed by atoms with Crippen molar-refractivity contribution in [1.82, 2.24) is 0 Å². The Kier molecular flexibility index (Phi) is 4.63. The van der Waals surface area contributed by atoms with Crippen LogP contribution >= 0.6 is 0 Å². The van der Waals surface area contributed by atoms with Crippen molar-refractivity contribution in [3.63, 3.8) is 0 Å². The van der Waals surface area contributed by atoms with Crippen molar-refractivity contribution in [2.45, 2.75) is 26.2 Å². The zero-order valence-electron chi connectivity index (χ0n) is 12.7. The molecule has 0 unspecified atom stereocenters. The Hall–Kier alpha value is -2.29. The van der Waals surface area contributed by atoms with Crippen LogP contribution in [0.5, 0.6) is 11.5 Å². The maximum absolute atomic E-state index is 6.95. The van der Waals surface area contributed by atoms with E-state index in [1.807, 2.05) is 43.3 Å². The highest BCUT2D eigenvalue weighted by Gasteiger charge is 2.23. The van der Waals surface area contributed by atoms with E-state index in [1.165, 1.54) is 11.1 Å². The molecular formula is C18H21NO2. The van der Waals surface area contributed by atoms with Gasteiger partial charge in [-0.05, 0) is 42.3 Å². The first kappa shape index (κ1) is 15.1. The monoisotopic (exact) mass is 283 g/mol. The minimum Gasteiger partial charge on any atom is -0.494 e. The Labute approximate surface area is 126 Å². The van der Waals surface area contributed by atoms with E-state index >= 15 is 0 Å². The van der Waals surface area contributed by atoms with Crippen molar-refractivity contribution in [2.75, 3.05) is 6.61 Å². The molecule has 0 aliphatic rings. The van der Waals surface area contributed by atoms with Gasteiger partial charge in [0.05, 0.1) is 6.61 Å². The molecule has 2 rings (SSSR count). The predicted octanol–water partition coefficient (Wildman–Crippen LogP) is 4.40. The second kappa shape index (κ2) is 6.44. The van der Waals surface area contributed by atoms with Crippen LogP contribution in [-0.4, -0.2) is 13.0 Å². The zero-order valence-corrected chi connectivity index (χ0v) is 12.7. The molecule has 3 nitrogen and oxygen atoms in total. The van der Waals surface area contributed by atoms with Gasteiger partial charge in [-0.15, -0.1) is 0 Å². The number of rotatable bonds is 6. The summed E-state index contributed by atoms with van der Waals surface area (Å²) < 4.78 is 10.5. The van der Waals surface area contributed by atoms with Crippen molar-refractivity contribution in [2.24, 2.45) is 0 Å². The molecule has 0 radical (unpaired) electrons. The molecule has 0 aromatic heterocycles. The number of nitrogens with one attached hydrogen (secondary N) is 1. The molecule has 0 saturated heterocycles. The van der Waals surface area contributed by atoms with E-state index < -0.39 is 0 Å². The lowest BCUT2D eigenvalue weighted by Gasteiger charge is -2.26. The van der Waals surface area contributed by atoms with E-state index in [2.05, 4.69) is 26.0 Å². The summed E-state index contributed by atoms with van der Waals surface area (Å²) in [5.74, 6) is 1.57. The molecule has 2 aromatic rings. The van der Waals surface area contributed by atoms with Gasteiger partial charge in [0.25, 0.3) is 0 Å². The quantitative estimate of drug-likeness (QED) is 0.630. The normalized spacial score (nSPS) is 11.0. The molecule has 110 valence electrons. The second-order valence-corrected chi connectivity index (χ2v) is 5.34. The fourth-order valence-electron chi connectivity index (χ4n) is 2.32. The Morgan fingerprint density at radius 2 is 1.38 bits per heavy atom. The van der Waals surface area contributed by atoms with Crippen molar-refractivity contribution in [3.8, 4) is 11.5 Å². The van der Waals surface area contributed by atoms with Gasteiger partial charge in [0.2, 0.25) is 0 Å². The van der Waals surface area contributed by atoms with Crippen LogP contribution in [0.25, 0.3) is 0 Å². The average molecular weight is 283 g/mol. The van der Waals surface area contributed by atoms with Crippen LogP contribution in [-0.2, 0) is 5.41 Å². The highest BCUT2D eigenvalue weighted by Crippen LogP contribution is 2.33. The van der Waals surface area contributed by atoms with Gasteiger partial charge in [-0.2, -0.15) is 0 Å². The molecule has 3 heteroatoms. The van der Waals surface area contributed by atoms with Crippen molar-refractivity contribution < 1.29 is 9.47 Å². The van der Waals surface area contributed by atoms with Crippen LogP contribution in [0.3, 0.4) is 0 Å². The van der Waals surface area contributed by atoms with Gasteiger partial charge in [-0.1, -0.05) is 38.1 Å². The summed E-state index contributed by atoms with van der Waals surface area (Å²) in [5.41, 5.74) is 2.32. The second-order valence-electron chi connectivity index (χ2n) is 5.34. The molecule has 0 aliphatic heterocycles. The Balaban J connectivity index is 2.25.